The normalized spacial score (nSPS) is 21.8. The van der Waals surface area contributed by atoms with Gasteiger partial charge >= 0.3 is 13.1 Å². The van der Waals surface area contributed by atoms with Crippen LogP contribution >= 0.6 is 0 Å². The van der Waals surface area contributed by atoms with Crippen LogP contribution in [0.5, 0.6) is 0 Å². The van der Waals surface area contributed by atoms with Gasteiger partial charge < -0.3 is 24.3 Å². The summed E-state index contributed by atoms with van der Waals surface area (Å²) in [5, 5.41) is 19.9. The van der Waals surface area contributed by atoms with Gasteiger partial charge in [-0.25, -0.2) is 4.79 Å². The van der Waals surface area contributed by atoms with Crippen molar-refractivity contribution in [2.24, 2.45) is 0 Å². The Kier molecular flexibility index (Phi) is 4.87. The monoisotopic (exact) mass is 322 g/mol. The van der Waals surface area contributed by atoms with E-state index in [9.17, 15) is 15.0 Å². The van der Waals surface area contributed by atoms with Crippen LogP contribution in [0.4, 0.5) is 0 Å². The topological polar surface area (TPSA) is 85.2 Å². The summed E-state index contributed by atoms with van der Waals surface area (Å²) in [6.45, 7) is 7.80. The zero-order chi connectivity index (χ0) is 17.4. The first kappa shape index (κ1) is 17.9. The number of esters is 1. The van der Waals surface area contributed by atoms with Gasteiger partial charge in [0.25, 0.3) is 0 Å². The first-order valence-corrected chi connectivity index (χ1v) is 7.48. The lowest BCUT2D eigenvalue weighted by Gasteiger charge is -2.32. The van der Waals surface area contributed by atoms with Gasteiger partial charge in [0.05, 0.1) is 18.3 Å². The highest BCUT2D eigenvalue weighted by Gasteiger charge is 2.51. The smallest absolute Gasteiger partial charge is 0.467 e. The van der Waals surface area contributed by atoms with Crippen LogP contribution in [-0.2, 0) is 18.8 Å². The standard InChI is InChI=1S/C16H23BO6/c1-15(2)16(3,4)23-17(22-15)11-8-6-7-10(9-11)12(18)13(19)14(20)21-5/h6-9,12-13,18-19H,1-5H3. The van der Waals surface area contributed by atoms with Crippen molar-refractivity contribution < 1.29 is 29.1 Å². The van der Waals surface area contributed by atoms with Crippen molar-refractivity contribution in [1.82, 2.24) is 0 Å². The number of aliphatic hydroxyl groups excluding tert-OH is 2. The minimum absolute atomic E-state index is 0.384. The molecule has 126 valence electrons. The second-order valence-corrected chi connectivity index (χ2v) is 6.67. The van der Waals surface area contributed by atoms with Crippen LogP contribution in [0.2, 0.25) is 0 Å². The van der Waals surface area contributed by atoms with E-state index in [0.29, 0.717) is 11.0 Å². The fourth-order valence-corrected chi connectivity index (χ4v) is 2.30. The van der Waals surface area contributed by atoms with Gasteiger partial charge in [-0.15, -0.1) is 0 Å². The van der Waals surface area contributed by atoms with Gasteiger partial charge in [-0.3, -0.25) is 0 Å². The zero-order valence-corrected chi connectivity index (χ0v) is 14.1. The van der Waals surface area contributed by atoms with Crippen LogP contribution in [0.3, 0.4) is 0 Å². The Morgan fingerprint density at radius 3 is 2.26 bits per heavy atom. The van der Waals surface area contributed by atoms with Gasteiger partial charge in [0, 0.05) is 0 Å². The molecule has 0 spiro atoms. The molecule has 0 amide bonds. The maximum absolute atomic E-state index is 11.4. The van der Waals surface area contributed by atoms with Gasteiger partial charge in [0.2, 0.25) is 0 Å². The Morgan fingerprint density at radius 1 is 1.17 bits per heavy atom. The lowest BCUT2D eigenvalue weighted by atomic mass is 9.78. The Balaban J connectivity index is 2.23. The Hall–Kier alpha value is -1.41. The van der Waals surface area contributed by atoms with Crippen LogP contribution < -0.4 is 5.46 Å². The zero-order valence-electron chi connectivity index (χ0n) is 14.1. The number of methoxy groups -OCH3 is 1. The molecule has 2 rings (SSSR count). The molecule has 2 unspecified atom stereocenters. The number of rotatable bonds is 4. The summed E-state index contributed by atoms with van der Waals surface area (Å²) in [6.07, 6.45) is -3.03. The molecule has 0 saturated carbocycles. The molecule has 23 heavy (non-hydrogen) atoms. The van der Waals surface area contributed by atoms with E-state index in [1.54, 1.807) is 18.2 Å². The molecule has 1 fully saturated rings. The molecule has 0 aromatic heterocycles. The lowest BCUT2D eigenvalue weighted by molar-refractivity contribution is -0.156. The molecule has 1 saturated heterocycles. The first-order valence-electron chi connectivity index (χ1n) is 7.48. The molecule has 2 atom stereocenters. The number of hydrogen-bond donors (Lipinski definition) is 2. The van der Waals surface area contributed by atoms with Crippen molar-refractivity contribution in [3.63, 3.8) is 0 Å². The average Bonchev–Trinajstić information content (AvgIpc) is 2.73. The third kappa shape index (κ3) is 3.43. The Labute approximate surface area is 136 Å². The van der Waals surface area contributed by atoms with Gasteiger partial charge in [-0.1, -0.05) is 24.3 Å². The van der Waals surface area contributed by atoms with Crippen molar-refractivity contribution in [3.8, 4) is 0 Å². The third-order valence-corrected chi connectivity index (χ3v) is 4.52. The molecule has 1 aliphatic heterocycles. The van der Waals surface area contributed by atoms with Crippen LogP contribution in [0.15, 0.2) is 24.3 Å². The minimum atomic E-state index is -1.64. The molecule has 2 N–H and O–H groups in total. The molecule has 1 heterocycles. The predicted molar refractivity (Wildman–Crippen MR) is 85.1 cm³/mol. The number of carbonyl (C=O) groups excluding carboxylic acids is 1. The SMILES string of the molecule is COC(=O)C(O)C(O)c1cccc(B2OC(C)(C)C(C)(C)O2)c1. The maximum atomic E-state index is 11.4. The quantitative estimate of drug-likeness (QED) is 0.622. The van der Waals surface area contributed by atoms with Crippen molar-refractivity contribution in [2.75, 3.05) is 7.11 Å². The van der Waals surface area contributed by atoms with Gasteiger partial charge in [0.1, 0.15) is 6.10 Å². The molecule has 0 aliphatic carbocycles. The summed E-state index contributed by atoms with van der Waals surface area (Å²) in [7, 11) is 0.571. The highest BCUT2D eigenvalue weighted by molar-refractivity contribution is 6.62. The van der Waals surface area contributed by atoms with Gasteiger partial charge in [0.15, 0.2) is 6.10 Å². The number of carbonyl (C=O) groups is 1. The van der Waals surface area contributed by atoms with Crippen molar-refractivity contribution in [2.45, 2.75) is 51.1 Å². The third-order valence-electron chi connectivity index (χ3n) is 4.52. The largest absolute Gasteiger partial charge is 0.494 e. The second kappa shape index (κ2) is 6.24. The fourth-order valence-electron chi connectivity index (χ4n) is 2.30. The van der Waals surface area contributed by atoms with E-state index in [4.69, 9.17) is 9.31 Å². The molecule has 6 nitrogen and oxygen atoms in total. The highest BCUT2D eigenvalue weighted by Crippen LogP contribution is 2.36. The predicted octanol–water partition coefficient (Wildman–Crippen LogP) is 0.553. The van der Waals surface area contributed by atoms with Crippen LogP contribution in [-0.4, -0.2) is 47.7 Å². The van der Waals surface area contributed by atoms with Gasteiger partial charge in [-0.05, 0) is 38.7 Å². The van der Waals surface area contributed by atoms with E-state index < -0.39 is 36.5 Å². The molecule has 1 aromatic carbocycles. The van der Waals surface area contributed by atoms with E-state index in [-0.39, 0.29) is 0 Å². The lowest BCUT2D eigenvalue weighted by Crippen LogP contribution is -2.41. The Bertz CT molecular complexity index is 570. The molecular weight excluding hydrogens is 299 g/mol. The van der Waals surface area contributed by atoms with E-state index in [1.807, 2.05) is 33.8 Å². The molecule has 1 aliphatic rings. The fraction of sp³-hybridized carbons (Fsp3) is 0.562. The van der Waals surface area contributed by atoms with Crippen molar-refractivity contribution in [1.29, 1.82) is 0 Å². The summed E-state index contributed by atoms with van der Waals surface area (Å²) < 4.78 is 16.4. The summed E-state index contributed by atoms with van der Waals surface area (Å²) in [5.41, 5.74) is 0.141. The molecule has 0 radical (unpaired) electrons. The summed E-state index contributed by atoms with van der Waals surface area (Å²) >= 11 is 0. The van der Waals surface area contributed by atoms with Crippen molar-refractivity contribution in [3.05, 3.63) is 29.8 Å². The van der Waals surface area contributed by atoms with E-state index >= 15 is 0 Å². The van der Waals surface area contributed by atoms with Crippen LogP contribution in [0, 0.1) is 0 Å². The first-order chi connectivity index (χ1) is 10.6. The minimum Gasteiger partial charge on any atom is -0.467 e. The number of ether oxygens (including phenoxy) is 1. The number of hydrogen-bond acceptors (Lipinski definition) is 6. The van der Waals surface area contributed by atoms with E-state index in [0.717, 1.165) is 7.11 Å². The van der Waals surface area contributed by atoms with Gasteiger partial charge in [-0.2, -0.15) is 0 Å². The van der Waals surface area contributed by atoms with E-state index in [2.05, 4.69) is 4.74 Å². The Morgan fingerprint density at radius 2 is 1.74 bits per heavy atom. The maximum Gasteiger partial charge on any atom is 0.494 e. The molecule has 0 bridgehead atoms. The number of aliphatic hydroxyl groups is 2. The summed E-state index contributed by atoms with van der Waals surface area (Å²) in [6, 6.07) is 6.79. The van der Waals surface area contributed by atoms with Crippen LogP contribution in [0.25, 0.3) is 0 Å². The molecular formula is C16H23BO6. The number of benzene rings is 1. The summed E-state index contributed by atoms with van der Waals surface area (Å²) in [5.74, 6) is -0.890. The molecule has 1 aromatic rings. The summed E-state index contributed by atoms with van der Waals surface area (Å²) in [4.78, 5) is 11.4. The highest BCUT2D eigenvalue weighted by atomic mass is 16.7. The second-order valence-electron chi connectivity index (χ2n) is 6.67. The van der Waals surface area contributed by atoms with Crippen LogP contribution in [0.1, 0.15) is 39.4 Å². The average molecular weight is 322 g/mol. The van der Waals surface area contributed by atoms with E-state index in [1.165, 1.54) is 0 Å². The van der Waals surface area contributed by atoms with Crippen molar-refractivity contribution >= 4 is 18.6 Å². The molecule has 7 heteroatoms.